The molecule has 3 aromatic rings. The van der Waals surface area contributed by atoms with E-state index in [9.17, 15) is 32.3 Å². The smallest absolute Gasteiger partial charge is 0.418 e. The third-order valence-corrected chi connectivity index (χ3v) is 11.0. The van der Waals surface area contributed by atoms with Crippen molar-refractivity contribution in [2.75, 3.05) is 51.5 Å². The van der Waals surface area contributed by atoms with Gasteiger partial charge in [-0.2, -0.15) is 13.2 Å². The summed E-state index contributed by atoms with van der Waals surface area (Å²) >= 11 is 6.10. The molecule has 0 bridgehead atoms. The van der Waals surface area contributed by atoms with Crippen molar-refractivity contribution in [3.63, 3.8) is 0 Å². The molecule has 1 aromatic heterocycles. The van der Waals surface area contributed by atoms with Gasteiger partial charge in [0.1, 0.15) is 0 Å². The zero-order chi connectivity index (χ0) is 37.9. The van der Waals surface area contributed by atoms with Crippen LogP contribution in [0.1, 0.15) is 55.7 Å². The number of benzene rings is 2. The first-order valence-corrected chi connectivity index (χ1v) is 18.2. The van der Waals surface area contributed by atoms with Crippen LogP contribution >= 0.6 is 11.6 Å². The molecule has 0 spiro atoms. The summed E-state index contributed by atoms with van der Waals surface area (Å²) in [5.74, 6) is -0.200. The van der Waals surface area contributed by atoms with Gasteiger partial charge in [0.25, 0.3) is 5.91 Å². The first-order valence-electron chi connectivity index (χ1n) is 17.8. The Morgan fingerprint density at radius 3 is 2.15 bits per heavy atom. The normalized spacial score (nSPS) is 18.9. The molecule has 13 nitrogen and oxygen atoms in total. The average molecular weight is 762 g/mol. The van der Waals surface area contributed by atoms with Gasteiger partial charge in [0, 0.05) is 38.2 Å². The highest BCUT2D eigenvalue weighted by Gasteiger charge is 2.38. The van der Waals surface area contributed by atoms with Gasteiger partial charge in [-0.3, -0.25) is 19.5 Å². The van der Waals surface area contributed by atoms with Crippen molar-refractivity contribution in [2.45, 2.75) is 63.3 Å². The molecule has 1 atom stereocenters. The number of hydrogen-bond acceptors (Lipinski definition) is 8. The highest BCUT2D eigenvalue weighted by molar-refractivity contribution is 6.33. The minimum absolute atomic E-state index is 0.0151. The minimum atomic E-state index is -4.80. The van der Waals surface area contributed by atoms with Crippen LogP contribution in [0, 0.1) is 11.8 Å². The number of nitrogens with zero attached hydrogens (tertiary/aromatic N) is 5. The second-order valence-corrected chi connectivity index (χ2v) is 14.5. The Bertz CT molecular complexity index is 1830. The van der Waals surface area contributed by atoms with Crippen LogP contribution in [0.15, 0.2) is 47.3 Å². The molecule has 3 aliphatic rings. The van der Waals surface area contributed by atoms with Gasteiger partial charge in [-0.25, -0.2) is 14.3 Å². The van der Waals surface area contributed by atoms with Crippen LogP contribution < -0.4 is 11.4 Å². The van der Waals surface area contributed by atoms with Crippen LogP contribution in [0.3, 0.4) is 0 Å². The summed E-state index contributed by atoms with van der Waals surface area (Å²) in [5, 5.41) is 13.3. The van der Waals surface area contributed by atoms with Crippen LogP contribution in [-0.4, -0.2) is 104 Å². The van der Waals surface area contributed by atoms with Gasteiger partial charge in [0.15, 0.2) is 11.9 Å². The summed E-state index contributed by atoms with van der Waals surface area (Å²) < 4.78 is 48.7. The number of aliphatic carboxylic acids is 1. The van der Waals surface area contributed by atoms with Crippen LogP contribution in [-0.2, 0) is 26.9 Å². The second kappa shape index (κ2) is 16.2. The maximum atomic E-state index is 14.0. The van der Waals surface area contributed by atoms with E-state index in [1.165, 1.54) is 15.6 Å². The van der Waals surface area contributed by atoms with Gasteiger partial charge in [-0.05, 0) is 81.1 Å². The zero-order valence-electron chi connectivity index (χ0n) is 29.1. The summed E-state index contributed by atoms with van der Waals surface area (Å²) in [4.78, 5) is 59.1. The number of alkyl halides is 3. The Morgan fingerprint density at radius 1 is 0.943 bits per heavy atom. The number of piperidine rings is 3. The topological polar surface area (TPSA) is 167 Å². The van der Waals surface area contributed by atoms with E-state index in [2.05, 4.69) is 10.1 Å². The summed E-state index contributed by atoms with van der Waals surface area (Å²) in [6.45, 7) is 2.59. The largest absolute Gasteiger partial charge is 0.480 e. The molecule has 3 fully saturated rings. The summed E-state index contributed by atoms with van der Waals surface area (Å²) in [6, 6.07) is 11.0. The minimum Gasteiger partial charge on any atom is -0.480 e. The molecule has 6 rings (SSSR count). The van der Waals surface area contributed by atoms with Crippen molar-refractivity contribution in [3.8, 4) is 11.4 Å². The van der Waals surface area contributed by atoms with Crippen LogP contribution in [0.2, 0.25) is 5.02 Å². The van der Waals surface area contributed by atoms with Crippen LogP contribution in [0.5, 0.6) is 0 Å². The molecule has 3 aliphatic heterocycles. The van der Waals surface area contributed by atoms with Crippen molar-refractivity contribution in [2.24, 2.45) is 11.8 Å². The maximum Gasteiger partial charge on any atom is 0.418 e. The van der Waals surface area contributed by atoms with Crippen molar-refractivity contribution >= 4 is 35.3 Å². The number of amides is 2. The van der Waals surface area contributed by atoms with Gasteiger partial charge >= 0.3 is 23.9 Å². The van der Waals surface area contributed by atoms with Crippen molar-refractivity contribution < 1.29 is 37.4 Å². The number of aromatic nitrogens is 3. The number of H-pyrrole nitrogens is 1. The van der Waals surface area contributed by atoms with Crippen LogP contribution in [0.4, 0.5) is 23.7 Å². The fraction of sp³-hybridized carbons (Fsp3) is 0.528. The Kier molecular flexibility index (Phi) is 11.7. The van der Waals surface area contributed by atoms with Crippen molar-refractivity contribution in [1.29, 1.82) is 0 Å². The lowest BCUT2D eigenvalue weighted by Crippen LogP contribution is -2.49. The number of ether oxygens (including phenoxy) is 1. The van der Waals surface area contributed by atoms with E-state index >= 15 is 0 Å². The van der Waals surface area contributed by atoms with Gasteiger partial charge in [-0.15, -0.1) is 5.10 Å². The molecule has 17 heteroatoms. The molecule has 3 saturated heterocycles. The lowest BCUT2D eigenvalue weighted by atomic mass is 9.78. The highest BCUT2D eigenvalue weighted by atomic mass is 35.5. The van der Waals surface area contributed by atoms with E-state index in [4.69, 9.17) is 27.2 Å². The number of carboxylic acid groups (broad SMARTS) is 1. The highest BCUT2D eigenvalue weighted by Crippen LogP contribution is 2.38. The number of carbonyl (C=O) groups is 3. The fourth-order valence-electron chi connectivity index (χ4n) is 7.79. The number of nitrogens with one attached hydrogen (secondary N) is 1. The maximum absolute atomic E-state index is 14.0. The Labute approximate surface area is 308 Å². The Hall–Kier alpha value is -4.57. The van der Waals surface area contributed by atoms with Gasteiger partial charge < -0.3 is 25.4 Å². The molecule has 2 aromatic carbocycles. The van der Waals surface area contributed by atoms with Crippen molar-refractivity contribution in [1.82, 2.24) is 29.5 Å². The predicted molar refractivity (Wildman–Crippen MR) is 189 cm³/mol. The molecule has 0 aliphatic carbocycles. The van der Waals surface area contributed by atoms with E-state index < -0.39 is 41.5 Å². The fourth-order valence-corrected chi connectivity index (χ4v) is 8.03. The molecule has 286 valence electrons. The summed E-state index contributed by atoms with van der Waals surface area (Å²) in [5.41, 5.74) is 4.30. The first-order chi connectivity index (χ1) is 25.3. The molecule has 53 heavy (non-hydrogen) atoms. The number of rotatable bonds is 9. The number of halogens is 4. The first kappa shape index (κ1) is 38.2. The molecule has 0 unspecified atom stereocenters. The monoisotopic (exact) mass is 761 g/mol. The van der Waals surface area contributed by atoms with E-state index in [0.717, 1.165) is 24.5 Å². The number of anilines is 1. The Morgan fingerprint density at radius 2 is 1.55 bits per heavy atom. The molecule has 0 saturated carbocycles. The third-order valence-electron chi connectivity index (χ3n) is 10.7. The van der Waals surface area contributed by atoms with Gasteiger partial charge in [-0.1, -0.05) is 41.9 Å². The SMILES string of the molecule is Nc1c(Cl)cc(C[C@@H](OC(=O)N2CCC(n3nc(-c4ccccc4)[nH]c3=O)CC2)C(=O)N2CCC(C3CCN(CC(=O)O)CC3)CC2)cc1C(F)(F)F. The number of likely N-dealkylation sites (tertiary alicyclic amines) is 3. The van der Waals surface area contributed by atoms with E-state index in [-0.39, 0.29) is 48.4 Å². The number of hydrogen-bond donors (Lipinski definition) is 3. The molecule has 4 heterocycles. The molecular weight excluding hydrogens is 719 g/mol. The second-order valence-electron chi connectivity index (χ2n) is 14.1. The standard InChI is InChI=1S/C36H43ClF3N7O6/c37-28-19-22(18-27(31(28)41)36(38,39)40)20-29(33(50)45-14-8-24(9-15-45)23-6-12-44(13-7-23)21-30(48)49)53-35(52)46-16-10-26(11-17-46)47-34(51)42-32(43-47)25-4-2-1-3-5-25/h1-5,18-19,23-24,26,29H,6-17,20-21,41H2,(H,48,49)(H,42,43,51)/t29-/m1/s1. The number of nitrogens with two attached hydrogens (primary N) is 1. The number of aromatic amines is 1. The van der Waals surface area contributed by atoms with Crippen LogP contribution in [0.25, 0.3) is 11.4 Å². The quantitative estimate of drug-likeness (QED) is 0.257. The zero-order valence-corrected chi connectivity index (χ0v) is 29.8. The molecular formula is C36H43ClF3N7O6. The molecule has 4 N–H and O–H groups in total. The predicted octanol–water partition coefficient (Wildman–Crippen LogP) is 4.91. The molecule has 0 radical (unpaired) electrons. The van der Waals surface area contributed by atoms with E-state index in [1.807, 2.05) is 35.2 Å². The van der Waals surface area contributed by atoms with Gasteiger partial charge in [0.05, 0.1) is 28.9 Å². The lowest BCUT2D eigenvalue weighted by Gasteiger charge is -2.40. The average Bonchev–Trinajstić information content (AvgIpc) is 3.54. The third kappa shape index (κ3) is 9.15. The number of carbonyl (C=O) groups excluding carboxylic acids is 2. The molecule has 2 amide bonds. The number of carboxylic acids is 1. The van der Waals surface area contributed by atoms with E-state index in [1.54, 1.807) is 4.90 Å². The summed E-state index contributed by atoms with van der Waals surface area (Å²) in [6.07, 6.45) is -3.46. The van der Waals surface area contributed by atoms with Crippen molar-refractivity contribution in [3.05, 3.63) is 69.1 Å². The Balaban J connectivity index is 1.12. The van der Waals surface area contributed by atoms with Gasteiger partial charge in [0.2, 0.25) is 0 Å². The van der Waals surface area contributed by atoms with E-state index in [0.29, 0.717) is 69.5 Å². The summed E-state index contributed by atoms with van der Waals surface area (Å²) in [7, 11) is 0. The lowest BCUT2D eigenvalue weighted by molar-refractivity contribution is -0.142. The number of nitrogen functional groups attached to an aromatic ring is 1.